The molecule has 1 rings (SSSR count). The number of benzene rings is 1. The molecule has 0 amide bonds. The van der Waals surface area contributed by atoms with E-state index < -0.39 is 0 Å². The van der Waals surface area contributed by atoms with Crippen molar-refractivity contribution in [2.75, 3.05) is 13.2 Å². The lowest BCUT2D eigenvalue weighted by Gasteiger charge is -2.19. The summed E-state index contributed by atoms with van der Waals surface area (Å²) < 4.78 is 5.81. The van der Waals surface area contributed by atoms with Crippen LogP contribution in [0.25, 0.3) is 0 Å². The van der Waals surface area contributed by atoms with Gasteiger partial charge < -0.3 is 16.2 Å². The Labute approximate surface area is 111 Å². The number of ether oxygens (including phenoxy) is 1. The molecule has 2 atom stereocenters. The van der Waals surface area contributed by atoms with Crippen LogP contribution in [0, 0.1) is 0 Å². The Balaban J connectivity index is 3.03. The lowest BCUT2D eigenvalue weighted by molar-refractivity contribution is 0.312. The first-order valence-corrected chi connectivity index (χ1v) is 6.86. The van der Waals surface area contributed by atoms with E-state index in [0.29, 0.717) is 12.5 Å². The lowest BCUT2D eigenvalue weighted by Crippen LogP contribution is -2.21. The second-order valence-corrected chi connectivity index (χ2v) is 4.80. The molecule has 0 fully saturated rings. The van der Waals surface area contributed by atoms with E-state index in [0.717, 1.165) is 30.8 Å². The molecule has 0 spiro atoms. The smallest absolute Gasteiger partial charge is 0.122 e. The highest BCUT2D eigenvalue weighted by atomic mass is 16.5. The van der Waals surface area contributed by atoms with Crippen LogP contribution in [-0.4, -0.2) is 13.2 Å². The van der Waals surface area contributed by atoms with E-state index in [1.54, 1.807) is 0 Å². The van der Waals surface area contributed by atoms with Crippen molar-refractivity contribution >= 4 is 0 Å². The third-order valence-electron chi connectivity index (χ3n) is 3.32. The fourth-order valence-electron chi connectivity index (χ4n) is 1.88. The first-order valence-electron chi connectivity index (χ1n) is 6.86. The van der Waals surface area contributed by atoms with Crippen molar-refractivity contribution in [3.05, 3.63) is 29.3 Å². The minimum Gasteiger partial charge on any atom is -0.493 e. The molecule has 0 saturated heterocycles. The summed E-state index contributed by atoms with van der Waals surface area (Å²) in [4.78, 5) is 0. The van der Waals surface area contributed by atoms with Gasteiger partial charge in [0.15, 0.2) is 0 Å². The fraction of sp³-hybridized carbons (Fsp3) is 0.600. The van der Waals surface area contributed by atoms with Crippen LogP contribution >= 0.6 is 0 Å². The minimum atomic E-state index is -0.0898. The van der Waals surface area contributed by atoms with Gasteiger partial charge >= 0.3 is 0 Å². The van der Waals surface area contributed by atoms with Gasteiger partial charge in [0, 0.05) is 12.6 Å². The maximum absolute atomic E-state index is 5.99. The summed E-state index contributed by atoms with van der Waals surface area (Å²) in [5, 5.41) is 0. The lowest BCUT2D eigenvalue weighted by atomic mass is 9.94. The third-order valence-corrected chi connectivity index (χ3v) is 3.32. The number of nitrogens with two attached hydrogens (primary N) is 2. The predicted octanol–water partition coefficient (Wildman–Crippen LogP) is 2.95. The molecule has 0 saturated carbocycles. The zero-order chi connectivity index (χ0) is 13.5. The van der Waals surface area contributed by atoms with Gasteiger partial charge in [-0.1, -0.05) is 32.9 Å². The van der Waals surface area contributed by atoms with Crippen molar-refractivity contribution in [3.8, 4) is 5.75 Å². The van der Waals surface area contributed by atoms with Crippen LogP contribution in [-0.2, 0) is 0 Å². The van der Waals surface area contributed by atoms with Crippen LogP contribution in [0.5, 0.6) is 5.75 Å². The maximum Gasteiger partial charge on any atom is 0.122 e. The van der Waals surface area contributed by atoms with Crippen LogP contribution in [0.15, 0.2) is 18.2 Å². The van der Waals surface area contributed by atoms with Gasteiger partial charge in [0.1, 0.15) is 5.75 Å². The van der Waals surface area contributed by atoms with Crippen molar-refractivity contribution in [2.24, 2.45) is 11.5 Å². The van der Waals surface area contributed by atoms with Crippen LogP contribution < -0.4 is 16.2 Å². The predicted molar refractivity (Wildman–Crippen MR) is 76.9 cm³/mol. The molecule has 0 aliphatic carbocycles. The number of hydrogen-bond acceptors (Lipinski definition) is 3. The summed E-state index contributed by atoms with van der Waals surface area (Å²) in [6.45, 7) is 7.73. The molecule has 1 aromatic rings. The molecule has 3 nitrogen and oxygen atoms in total. The Kier molecular flexibility index (Phi) is 6.16. The van der Waals surface area contributed by atoms with Crippen LogP contribution in [0.4, 0.5) is 0 Å². The fourth-order valence-corrected chi connectivity index (χ4v) is 1.88. The van der Waals surface area contributed by atoms with E-state index in [2.05, 4.69) is 26.8 Å². The maximum atomic E-state index is 5.99. The Morgan fingerprint density at radius 1 is 1.28 bits per heavy atom. The molecular formula is C15H26N2O. The summed E-state index contributed by atoms with van der Waals surface area (Å²) in [5.41, 5.74) is 14.0. The number of hydrogen-bond donors (Lipinski definition) is 2. The monoisotopic (exact) mass is 250 g/mol. The van der Waals surface area contributed by atoms with E-state index in [1.165, 1.54) is 5.56 Å². The molecule has 2 unspecified atom stereocenters. The Morgan fingerprint density at radius 2 is 2.00 bits per heavy atom. The molecule has 3 heteroatoms. The summed E-state index contributed by atoms with van der Waals surface area (Å²) in [5.74, 6) is 1.46. The van der Waals surface area contributed by atoms with Crippen molar-refractivity contribution in [1.29, 1.82) is 0 Å². The average molecular weight is 250 g/mol. The van der Waals surface area contributed by atoms with Crippen LogP contribution in [0.1, 0.15) is 56.7 Å². The Bertz CT molecular complexity index is 366. The van der Waals surface area contributed by atoms with Crippen LogP contribution in [0.3, 0.4) is 0 Å². The zero-order valence-electron chi connectivity index (χ0n) is 11.8. The van der Waals surface area contributed by atoms with Crippen molar-refractivity contribution in [1.82, 2.24) is 0 Å². The highest BCUT2D eigenvalue weighted by Gasteiger charge is 2.13. The molecule has 4 N–H and O–H groups in total. The minimum absolute atomic E-state index is 0.0898. The van der Waals surface area contributed by atoms with Gasteiger partial charge in [-0.25, -0.2) is 0 Å². The molecule has 0 heterocycles. The SMILES string of the molecule is CCCOc1ccc(C(N)CN)cc1C(C)CC. The first kappa shape index (κ1) is 15.0. The Morgan fingerprint density at radius 3 is 2.56 bits per heavy atom. The first-order chi connectivity index (χ1) is 8.63. The van der Waals surface area contributed by atoms with Gasteiger partial charge in [0.2, 0.25) is 0 Å². The second kappa shape index (κ2) is 7.39. The van der Waals surface area contributed by atoms with Gasteiger partial charge in [-0.3, -0.25) is 0 Å². The molecule has 1 aromatic carbocycles. The van der Waals surface area contributed by atoms with E-state index in [-0.39, 0.29) is 6.04 Å². The standard InChI is InChI=1S/C15H26N2O/c1-4-8-18-15-7-6-12(14(17)10-16)9-13(15)11(3)5-2/h6-7,9,11,14H,4-5,8,10,16-17H2,1-3H3. The van der Waals surface area contributed by atoms with E-state index >= 15 is 0 Å². The van der Waals surface area contributed by atoms with Crippen molar-refractivity contribution in [2.45, 2.75) is 45.6 Å². The van der Waals surface area contributed by atoms with Crippen molar-refractivity contribution < 1.29 is 4.74 Å². The zero-order valence-corrected chi connectivity index (χ0v) is 11.8. The van der Waals surface area contributed by atoms with E-state index in [1.807, 2.05) is 12.1 Å². The molecule has 0 aliphatic rings. The van der Waals surface area contributed by atoms with Gasteiger partial charge in [-0.05, 0) is 36.0 Å². The highest BCUT2D eigenvalue weighted by molar-refractivity contribution is 5.40. The van der Waals surface area contributed by atoms with E-state index in [9.17, 15) is 0 Å². The van der Waals surface area contributed by atoms with Gasteiger partial charge in [0.25, 0.3) is 0 Å². The number of rotatable bonds is 7. The Hall–Kier alpha value is -1.06. The highest BCUT2D eigenvalue weighted by Crippen LogP contribution is 2.31. The van der Waals surface area contributed by atoms with Crippen molar-refractivity contribution in [3.63, 3.8) is 0 Å². The molecule has 0 aliphatic heterocycles. The van der Waals surface area contributed by atoms with E-state index in [4.69, 9.17) is 16.2 Å². The molecule has 0 aromatic heterocycles. The molecule has 18 heavy (non-hydrogen) atoms. The summed E-state index contributed by atoms with van der Waals surface area (Å²) in [6.07, 6.45) is 2.10. The quantitative estimate of drug-likeness (QED) is 0.782. The van der Waals surface area contributed by atoms with Gasteiger partial charge in [0.05, 0.1) is 6.61 Å². The topological polar surface area (TPSA) is 61.3 Å². The molecule has 102 valence electrons. The summed E-state index contributed by atoms with van der Waals surface area (Å²) in [7, 11) is 0. The molecule has 0 bridgehead atoms. The second-order valence-electron chi connectivity index (χ2n) is 4.80. The van der Waals surface area contributed by atoms with Gasteiger partial charge in [-0.2, -0.15) is 0 Å². The summed E-state index contributed by atoms with van der Waals surface area (Å²) >= 11 is 0. The normalized spacial score (nSPS) is 14.3. The van der Waals surface area contributed by atoms with Gasteiger partial charge in [-0.15, -0.1) is 0 Å². The largest absolute Gasteiger partial charge is 0.493 e. The van der Waals surface area contributed by atoms with Crippen LogP contribution in [0.2, 0.25) is 0 Å². The molecular weight excluding hydrogens is 224 g/mol. The average Bonchev–Trinajstić information content (AvgIpc) is 2.43. The molecule has 0 radical (unpaired) electrons. The third kappa shape index (κ3) is 3.72. The summed E-state index contributed by atoms with van der Waals surface area (Å²) in [6, 6.07) is 6.11.